The maximum absolute atomic E-state index is 14.3. The van der Waals surface area contributed by atoms with Gasteiger partial charge in [-0.15, -0.1) is 0 Å². The van der Waals surface area contributed by atoms with Crippen LogP contribution in [0.2, 0.25) is 5.88 Å². The van der Waals surface area contributed by atoms with Gasteiger partial charge in [0.1, 0.15) is 28.7 Å². The van der Waals surface area contributed by atoms with Crippen LogP contribution in [0.25, 0.3) is 10.3 Å². The van der Waals surface area contributed by atoms with Crippen LogP contribution >= 0.6 is 22.9 Å². The molecule has 4 rings (SSSR count). The molecular weight excluding hydrogens is 499 g/mol. The lowest BCUT2D eigenvalue weighted by molar-refractivity contribution is -0.134. The van der Waals surface area contributed by atoms with Crippen molar-refractivity contribution < 1.29 is 39.3 Å². The van der Waals surface area contributed by atoms with Crippen molar-refractivity contribution in [3.8, 4) is 6.07 Å². The molecule has 1 saturated heterocycles. The van der Waals surface area contributed by atoms with E-state index in [2.05, 4.69) is 15.0 Å². The Kier molecular flexibility index (Phi) is 5.10. The Bertz CT molecular complexity index is 1760. The van der Waals surface area contributed by atoms with Crippen LogP contribution in [0, 0.1) is 17.1 Å². The number of nitriles is 1. The number of aromatic nitrogens is 3. The Morgan fingerprint density at radius 3 is 2.74 bits per heavy atom. The van der Waals surface area contributed by atoms with Gasteiger partial charge in [0, 0.05) is 46.0 Å². The van der Waals surface area contributed by atoms with Gasteiger partial charge in [-0.2, -0.15) is 5.26 Å². The monoisotopic (exact) mass is 529 g/mol. The van der Waals surface area contributed by atoms with Crippen LogP contribution in [-0.4, -0.2) is 61.1 Å². The number of piperidine rings is 1. The van der Waals surface area contributed by atoms with Crippen LogP contribution in [0.1, 0.15) is 37.6 Å². The summed E-state index contributed by atoms with van der Waals surface area (Å²) >= 11 is 6.75. The Balaban J connectivity index is 0.000000637. The van der Waals surface area contributed by atoms with Crippen LogP contribution in [0.5, 0.6) is 0 Å². The molecule has 10 nitrogen and oxygen atoms in total. The van der Waals surface area contributed by atoms with Gasteiger partial charge in [-0.25, -0.2) is 28.9 Å². The molecule has 0 aliphatic carbocycles. The molecule has 0 saturated carbocycles. The molecule has 0 bridgehead atoms. The van der Waals surface area contributed by atoms with Crippen molar-refractivity contribution in [2.75, 3.05) is 18.4 Å². The molecule has 35 heavy (non-hydrogen) atoms. The molecule has 2 aromatic heterocycles. The molecule has 1 aliphatic rings. The molecule has 1 fully saturated rings. The fourth-order valence-electron chi connectivity index (χ4n) is 2.34. The molecule has 0 amide bonds. The second-order valence-electron chi connectivity index (χ2n) is 6.16. The van der Waals surface area contributed by atoms with Crippen LogP contribution in [0.15, 0.2) is 36.6 Å². The lowest BCUT2D eigenvalue weighted by Crippen LogP contribution is -2.38. The first-order valence-electron chi connectivity index (χ1n) is 14.6. The second-order valence-corrected chi connectivity index (χ2v) is 7.74. The minimum atomic E-state index is -3.05. The molecule has 0 atom stereocenters. The molecule has 0 unspecified atom stereocenters. The fraction of sp³-hybridized carbons (Fsp3) is 0.273. The largest absolute Gasteiger partial charge is 0.478 e. The normalized spacial score (nSPS) is 23.1. The number of hydrogen-bond acceptors (Lipinski definition) is 9. The smallest absolute Gasteiger partial charge is 0.328 e. The van der Waals surface area contributed by atoms with E-state index in [0.717, 1.165) is 17.7 Å². The summed E-state index contributed by atoms with van der Waals surface area (Å²) in [6.07, 6.45) is -3.92. The number of aliphatic carboxylic acids is 2. The molecule has 0 radical (unpaired) electrons. The number of likely N-dealkylation sites (tertiary alicyclic amines) is 1. The fourth-order valence-corrected chi connectivity index (χ4v) is 3.34. The van der Waals surface area contributed by atoms with Crippen molar-refractivity contribution in [2.45, 2.75) is 25.3 Å². The van der Waals surface area contributed by atoms with Gasteiger partial charge in [-0.1, -0.05) is 29.0 Å². The SMILES string of the molecule is O=C(O)/C=C\C(=O)O.[2H]c1c([2H])c(C([2H])([2H])N2CC([2H])([2H])C([2H])(N([2H])c3ncnc4nc(Cl)sc34)C([2H])([2H])C2)c([2H])c(C#N)c1F. The van der Waals surface area contributed by atoms with Gasteiger partial charge < -0.3 is 15.5 Å². The van der Waals surface area contributed by atoms with Gasteiger partial charge in [0.2, 0.25) is 0 Å². The number of carbonyl (C=O) groups is 2. The molecule has 1 aliphatic heterocycles. The van der Waals surface area contributed by atoms with E-state index in [9.17, 15) is 19.2 Å². The molecule has 3 aromatic rings. The van der Waals surface area contributed by atoms with Crippen LogP contribution in [0.4, 0.5) is 10.2 Å². The number of nitrogens with one attached hydrogen (secondary N) is 1. The number of hydrogen-bond donors (Lipinski definition) is 3. The van der Waals surface area contributed by atoms with Gasteiger partial charge in [0.25, 0.3) is 0 Å². The van der Waals surface area contributed by atoms with Crippen molar-refractivity contribution in [3.63, 3.8) is 0 Å². The third kappa shape index (κ3) is 7.68. The van der Waals surface area contributed by atoms with E-state index < -0.39 is 85.4 Å². The second kappa shape index (κ2) is 12.2. The van der Waals surface area contributed by atoms with Crippen molar-refractivity contribution in [2.24, 2.45) is 0 Å². The van der Waals surface area contributed by atoms with E-state index >= 15 is 0 Å². The van der Waals surface area contributed by atoms with Crippen LogP contribution < -0.4 is 5.31 Å². The highest BCUT2D eigenvalue weighted by molar-refractivity contribution is 7.22. The predicted octanol–water partition coefficient (Wildman–Crippen LogP) is 3.54. The van der Waals surface area contributed by atoms with Gasteiger partial charge in [0.05, 0.1) is 11.0 Å². The number of nitrogens with zero attached hydrogens (tertiary/aromatic N) is 5. The lowest BCUT2D eigenvalue weighted by Gasteiger charge is -2.32. The van der Waals surface area contributed by atoms with E-state index in [0.29, 0.717) is 17.1 Å². The number of carboxylic acid groups (broad SMARTS) is 2. The first-order valence-corrected chi connectivity index (χ1v) is 10.4. The Labute approximate surface area is 223 Å². The number of anilines is 1. The molecule has 3 N–H and O–H groups in total. The summed E-state index contributed by atoms with van der Waals surface area (Å²) in [5.74, 6) is -4.35. The van der Waals surface area contributed by atoms with Gasteiger partial charge in [-0.05, 0) is 30.4 Å². The zero-order valence-corrected chi connectivity index (χ0v) is 18.8. The van der Waals surface area contributed by atoms with Crippen molar-refractivity contribution in [1.29, 1.82) is 5.26 Å². The zero-order valence-electron chi connectivity index (χ0n) is 28.2. The highest BCUT2D eigenvalue weighted by Crippen LogP contribution is 2.30. The Morgan fingerprint density at radius 2 is 2.11 bits per heavy atom. The summed E-state index contributed by atoms with van der Waals surface area (Å²) < 4.78 is 107. The minimum absolute atomic E-state index is 0.0189. The predicted molar refractivity (Wildman–Crippen MR) is 128 cm³/mol. The van der Waals surface area contributed by atoms with E-state index in [4.69, 9.17) is 36.9 Å². The summed E-state index contributed by atoms with van der Waals surface area (Å²) in [6, 6.07) is -4.92. The zero-order chi connectivity index (χ0) is 35.2. The highest BCUT2D eigenvalue weighted by Gasteiger charge is 2.21. The molecule has 182 valence electrons. The maximum Gasteiger partial charge on any atom is 0.328 e. The number of halogens is 2. The average Bonchev–Trinajstić information content (AvgIpc) is 3.33. The third-order valence-corrected chi connectivity index (χ3v) is 4.90. The topological polar surface area (TPSA) is 152 Å². The van der Waals surface area contributed by atoms with Crippen LogP contribution in [-0.2, 0) is 16.1 Å². The number of rotatable bonds is 6. The van der Waals surface area contributed by atoms with Gasteiger partial charge in [-0.3, -0.25) is 4.90 Å². The Hall–Kier alpha value is -3.66. The quantitative estimate of drug-likeness (QED) is 0.404. The molecule has 3 heterocycles. The Morgan fingerprint density at radius 1 is 1.43 bits per heavy atom. The summed E-state index contributed by atoms with van der Waals surface area (Å²) in [5, 5.41) is 25.1. The van der Waals surface area contributed by atoms with E-state index in [1.165, 1.54) is 6.07 Å². The van der Waals surface area contributed by atoms with Crippen molar-refractivity contribution >= 4 is 51.0 Å². The number of benzene rings is 1. The minimum Gasteiger partial charge on any atom is -0.478 e. The standard InChI is InChI=1S/C18H16ClFN6S.C4H4O4/c19-18-25-17-15(27-18)16(22-10-23-17)24-13-3-5-26(6-4-13)9-11-1-2-14(20)12(7-11)8-21;5-3(6)1-2-4(7)8/h1-2,7,10,13H,3-6,9H2,(H,22,23,24);1-2H,(H,5,6)(H,7,8)/b;2-1-/i1D,2D,3D2,4D2,7D,9D2,13D;/hD. The lowest BCUT2D eigenvalue weighted by atomic mass is 10.0. The van der Waals surface area contributed by atoms with Crippen molar-refractivity contribution in [3.05, 3.63) is 58.0 Å². The molecule has 1 aromatic carbocycles. The molecule has 0 spiro atoms. The maximum atomic E-state index is 14.3. The third-order valence-electron chi connectivity index (χ3n) is 3.76. The number of fused-ring (bicyclic) bond motifs is 1. The van der Waals surface area contributed by atoms with Gasteiger partial charge >= 0.3 is 11.9 Å². The highest BCUT2D eigenvalue weighted by atomic mass is 35.5. The number of carboxylic acids is 2. The van der Waals surface area contributed by atoms with Gasteiger partial charge in [0.15, 0.2) is 11.5 Å². The first-order chi connectivity index (χ1) is 21.0. The summed E-state index contributed by atoms with van der Waals surface area (Å²) in [7, 11) is 0. The van der Waals surface area contributed by atoms with Crippen LogP contribution in [0.3, 0.4) is 0 Å². The van der Waals surface area contributed by atoms with Crippen molar-refractivity contribution in [1.82, 2.24) is 19.9 Å². The molecule has 13 heteroatoms. The first kappa shape index (κ1) is 14.7. The van der Waals surface area contributed by atoms with E-state index in [1.807, 2.05) is 0 Å². The van der Waals surface area contributed by atoms with E-state index in [-0.39, 0.29) is 25.9 Å². The van der Waals surface area contributed by atoms with E-state index in [1.54, 1.807) is 0 Å². The summed E-state index contributed by atoms with van der Waals surface area (Å²) in [5.41, 5.74) is -1.87. The molecular formula is C22H20ClFN6O4S. The summed E-state index contributed by atoms with van der Waals surface area (Å²) in [6.45, 7) is -5.10. The summed E-state index contributed by atoms with van der Waals surface area (Å²) in [4.78, 5) is 31.4. The average molecular weight is 530 g/mol. The number of thiazole rings is 1.